The van der Waals surface area contributed by atoms with Crippen LogP contribution >= 0.6 is 15.9 Å². The Kier molecular flexibility index (Phi) is 6.02. The van der Waals surface area contributed by atoms with Crippen LogP contribution in [0.2, 0.25) is 0 Å². The van der Waals surface area contributed by atoms with E-state index in [0.717, 1.165) is 4.47 Å². The fraction of sp³-hybridized carbons (Fsp3) is 0.0625. The van der Waals surface area contributed by atoms with Crippen molar-refractivity contribution >= 4 is 39.6 Å². The van der Waals surface area contributed by atoms with Gasteiger partial charge in [-0.25, -0.2) is 9.82 Å². The zero-order chi connectivity index (χ0) is 17.5. The third kappa shape index (κ3) is 4.88. The van der Waals surface area contributed by atoms with Crippen LogP contribution in [0, 0.1) is 5.82 Å². The summed E-state index contributed by atoms with van der Waals surface area (Å²) in [6, 6.07) is 10.3. The molecule has 24 heavy (non-hydrogen) atoms. The average molecular weight is 394 g/mol. The van der Waals surface area contributed by atoms with Crippen molar-refractivity contribution in [1.29, 1.82) is 0 Å². The number of nitrogens with zero attached hydrogens (tertiary/aromatic N) is 1. The van der Waals surface area contributed by atoms with E-state index >= 15 is 0 Å². The number of hydrazone groups is 1. The van der Waals surface area contributed by atoms with Gasteiger partial charge in [0.05, 0.1) is 13.3 Å². The largest absolute Gasteiger partial charge is 0.496 e. The van der Waals surface area contributed by atoms with Gasteiger partial charge in [-0.3, -0.25) is 9.59 Å². The number of benzene rings is 2. The van der Waals surface area contributed by atoms with E-state index in [1.165, 1.54) is 37.6 Å². The first kappa shape index (κ1) is 17.6. The lowest BCUT2D eigenvalue weighted by Gasteiger charge is -2.05. The number of hydrogen-bond acceptors (Lipinski definition) is 4. The van der Waals surface area contributed by atoms with Crippen molar-refractivity contribution in [3.63, 3.8) is 0 Å². The molecule has 2 amide bonds. The van der Waals surface area contributed by atoms with Gasteiger partial charge in [-0.05, 0) is 42.5 Å². The molecular weight excluding hydrogens is 381 g/mol. The number of methoxy groups -OCH3 is 1. The smallest absolute Gasteiger partial charge is 0.329 e. The number of rotatable bonds is 4. The van der Waals surface area contributed by atoms with Gasteiger partial charge in [0, 0.05) is 15.7 Å². The highest BCUT2D eigenvalue weighted by Crippen LogP contribution is 2.21. The van der Waals surface area contributed by atoms with Crippen LogP contribution in [0.15, 0.2) is 52.0 Å². The number of carbonyl (C=O) groups is 2. The minimum Gasteiger partial charge on any atom is -0.496 e. The second kappa shape index (κ2) is 8.21. The first-order valence-electron chi connectivity index (χ1n) is 6.73. The molecule has 0 saturated heterocycles. The maximum atomic E-state index is 12.8. The first-order valence-corrected chi connectivity index (χ1v) is 7.52. The monoisotopic (exact) mass is 393 g/mol. The van der Waals surface area contributed by atoms with Gasteiger partial charge in [-0.15, -0.1) is 0 Å². The van der Waals surface area contributed by atoms with Gasteiger partial charge in [-0.2, -0.15) is 5.10 Å². The molecule has 0 unspecified atom stereocenters. The highest BCUT2D eigenvalue weighted by Gasteiger charge is 2.12. The second-order valence-electron chi connectivity index (χ2n) is 4.55. The summed E-state index contributed by atoms with van der Waals surface area (Å²) in [5.74, 6) is -1.75. The SMILES string of the molecule is COc1ccc(Br)cc1/C=N\NC(=O)C(=O)Nc1ccc(F)cc1. The van der Waals surface area contributed by atoms with Gasteiger partial charge in [0.2, 0.25) is 0 Å². The third-order valence-corrected chi connectivity index (χ3v) is 3.36. The highest BCUT2D eigenvalue weighted by molar-refractivity contribution is 9.10. The second-order valence-corrected chi connectivity index (χ2v) is 5.46. The number of halogens is 2. The Balaban J connectivity index is 1.96. The van der Waals surface area contributed by atoms with Crippen molar-refractivity contribution < 1.29 is 18.7 Å². The van der Waals surface area contributed by atoms with Crippen LogP contribution in [0.5, 0.6) is 5.75 Å². The van der Waals surface area contributed by atoms with Crippen LogP contribution in [-0.2, 0) is 9.59 Å². The fourth-order valence-electron chi connectivity index (χ4n) is 1.74. The van der Waals surface area contributed by atoms with Crippen molar-refractivity contribution in [2.45, 2.75) is 0 Å². The van der Waals surface area contributed by atoms with Gasteiger partial charge >= 0.3 is 11.8 Å². The van der Waals surface area contributed by atoms with Gasteiger partial charge in [0.25, 0.3) is 0 Å². The van der Waals surface area contributed by atoms with E-state index in [-0.39, 0.29) is 0 Å². The summed E-state index contributed by atoms with van der Waals surface area (Å²) in [5, 5.41) is 6.05. The molecular formula is C16H13BrFN3O3. The molecule has 0 fully saturated rings. The number of carbonyl (C=O) groups excluding carboxylic acids is 2. The summed E-state index contributed by atoms with van der Waals surface area (Å²) < 4.78 is 18.7. The summed E-state index contributed by atoms with van der Waals surface area (Å²) in [7, 11) is 1.51. The van der Waals surface area contributed by atoms with Gasteiger partial charge in [0.1, 0.15) is 11.6 Å². The molecule has 6 nitrogen and oxygen atoms in total. The minimum absolute atomic E-state index is 0.300. The quantitative estimate of drug-likeness (QED) is 0.476. The van der Waals surface area contributed by atoms with E-state index < -0.39 is 17.6 Å². The van der Waals surface area contributed by atoms with Crippen molar-refractivity contribution in [3.8, 4) is 5.75 Å². The standard InChI is InChI=1S/C16H13BrFN3O3/c1-24-14-7-2-11(17)8-10(14)9-19-21-16(23)15(22)20-13-5-3-12(18)4-6-13/h2-9H,1H3,(H,20,22)(H,21,23)/b19-9-. The Morgan fingerprint density at radius 2 is 1.88 bits per heavy atom. The molecule has 2 N–H and O–H groups in total. The van der Waals surface area contributed by atoms with Crippen LogP contribution in [-0.4, -0.2) is 25.1 Å². The Morgan fingerprint density at radius 3 is 2.54 bits per heavy atom. The van der Waals surface area contributed by atoms with Crippen molar-refractivity contribution in [2.24, 2.45) is 5.10 Å². The molecule has 2 aromatic carbocycles. The van der Waals surface area contributed by atoms with E-state index in [4.69, 9.17) is 4.74 Å². The zero-order valence-electron chi connectivity index (χ0n) is 12.5. The molecule has 0 aromatic heterocycles. The molecule has 0 saturated carbocycles. The predicted octanol–water partition coefficient (Wildman–Crippen LogP) is 2.69. The van der Waals surface area contributed by atoms with E-state index in [1.54, 1.807) is 18.2 Å². The van der Waals surface area contributed by atoms with Crippen LogP contribution in [0.4, 0.5) is 10.1 Å². The lowest BCUT2D eigenvalue weighted by molar-refractivity contribution is -0.136. The van der Waals surface area contributed by atoms with Crippen molar-refractivity contribution in [3.05, 3.63) is 58.3 Å². The Morgan fingerprint density at radius 1 is 1.17 bits per heavy atom. The summed E-state index contributed by atoms with van der Waals surface area (Å²) in [6.07, 6.45) is 1.35. The number of nitrogens with one attached hydrogen (secondary N) is 2. The summed E-state index contributed by atoms with van der Waals surface area (Å²) in [4.78, 5) is 23.4. The van der Waals surface area contributed by atoms with Crippen LogP contribution in [0.3, 0.4) is 0 Å². The highest BCUT2D eigenvalue weighted by atomic mass is 79.9. The summed E-state index contributed by atoms with van der Waals surface area (Å²) in [5.41, 5.74) is 3.02. The van der Waals surface area contributed by atoms with Gasteiger partial charge in [0.15, 0.2) is 0 Å². The van der Waals surface area contributed by atoms with Crippen molar-refractivity contribution in [2.75, 3.05) is 12.4 Å². The first-order chi connectivity index (χ1) is 11.5. The summed E-state index contributed by atoms with van der Waals surface area (Å²) in [6.45, 7) is 0. The molecule has 0 aliphatic carbocycles. The molecule has 0 radical (unpaired) electrons. The van der Waals surface area contributed by atoms with Crippen LogP contribution in [0.1, 0.15) is 5.56 Å². The van der Waals surface area contributed by atoms with Gasteiger partial charge < -0.3 is 10.1 Å². The molecule has 124 valence electrons. The lowest BCUT2D eigenvalue weighted by Crippen LogP contribution is -2.32. The maximum Gasteiger partial charge on any atom is 0.329 e. The normalized spacial score (nSPS) is 10.5. The van der Waals surface area contributed by atoms with E-state index in [9.17, 15) is 14.0 Å². The van der Waals surface area contributed by atoms with Crippen molar-refractivity contribution in [1.82, 2.24) is 5.43 Å². The maximum absolute atomic E-state index is 12.8. The van der Waals surface area contributed by atoms with Crippen LogP contribution in [0.25, 0.3) is 0 Å². The molecule has 0 aliphatic rings. The molecule has 8 heteroatoms. The number of hydrogen-bond donors (Lipinski definition) is 2. The minimum atomic E-state index is -0.954. The van der Waals surface area contributed by atoms with E-state index in [1.807, 2.05) is 0 Å². The Hall–Kier alpha value is -2.74. The topological polar surface area (TPSA) is 79.8 Å². The fourth-order valence-corrected chi connectivity index (χ4v) is 2.12. The molecule has 0 bridgehead atoms. The number of ether oxygens (including phenoxy) is 1. The van der Waals surface area contributed by atoms with E-state index in [0.29, 0.717) is 17.0 Å². The Bertz CT molecular complexity index is 779. The molecule has 0 heterocycles. The molecule has 0 aliphatic heterocycles. The molecule has 2 aromatic rings. The van der Waals surface area contributed by atoms with Gasteiger partial charge in [-0.1, -0.05) is 15.9 Å². The van der Waals surface area contributed by atoms with E-state index in [2.05, 4.69) is 31.8 Å². The zero-order valence-corrected chi connectivity index (χ0v) is 14.1. The summed E-state index contributed by atoms with van der Waals surface area (Å²) >= 11 is 3.32. The average Bonchev–Trinajstić information content (AvgIpc) is 2.57. The van der Waals surface area contributed by atoms with Crippen LogP contribution < -0.4 is 15.5 Å². The molecule has 0 atom stereocenters. The lowest BCUT2D eigenvalue weighted by atomic mass is 10.2. The molecule has 2 rings (SSSR count). The number of amides is 2. The number of anilines is 1. The predicted molar refractivity (Wildman–Crippen MR) is 91.5 cm³/mol. The molecule has 0 spiro atoms. The Labute approximate surface area is 145 Å². The third-order valence-electron chi connectivity index (χ3n) is 2.87.